The van der Waals surface area contributed by atoms with Crippen LogP contribution in [0.2, 0.25) is 0 Å². The van der Waals surface area contributed by atoms with E-state index < -0.39 is 35.1 Å². The molecule has 0 unspecified atom stereocenters. The summed E-state index contributed by atoms with van der Waals surface area (Å²) in [5, 5.41) is 0. The van der Waals surface area contributed by atoms with Crippen LogP contribution in [0.3, 0.4) is 0 Å². The van der Waals surface area contributed by atoms with E-state index in [1.165, 1.54) is 12.1 Å². The first-order valence-electron chi connectivity index (χ1n) is 19.1. The van der Waals surface area contributed by atoms with Crippen LogP contribution in [-0.2, 0) is 0 Å². The number of imidazole rings is 2. The van der Waals surface area contributed by atoms with E-state index in [1.807, 2.05) is 24.5 Å². The van der Waals surface area contributed by atoms with Crippen molar-refractivity contribution in [1.29, 1.82) is 0 Å². The molecule has 2 aliphatic rings. The molecule has 8 aromatic rings. The van der Waals surface area contributed by atoms with Crippen LogP contribution in [0.15, 0.2) is 85.7 Å². The highest BCUT2D eigenvalue weighted by molar-refractivity contribution is 5.95. The third kappa shape index (κ3) is 6.51. The molecule has 2 N–H and O–H groups in total. The monoisotopic (exact) mass is 790 g/mol. The largest absolute Gasteiger partial charge is 0.345 e. The van der Waals surface area contributed by atoms with Crippen molar-refractivity contribution in [3.63, 3.8) is 0 Å². The third-order valence-corrected chi connectivity index (χ3v) is 11.7. The number of aromatic nitrogens is 8. The Hall–Kier alpha value is -6.58. The summed E-state index contributed by atoms with van der Waals surface area (Å²) < 4.78 is 58.8. The molecule has 0 saturated carbocycles. The predicted octanol–water partition coefficient (Wildman–Crippen LogP) is 7.51. The highest BCUT2D eigenvalue weighted by Gasteiger charge is 2.35. The summed E-state index contributed by atoms with van der Waals surface area (Å²) >= 11 is 0. The van der Waals surface area contributed by atoms with Crippen LogP contribution in [0.1, 0.15) is 70.9 Å². The number of benzene rings is 2. The van der Waals surface area contributed by atoms with Crippen LogP contribution in [0.5, 0.6) is 0 Å². The second-order valence-corrected chi connectivity index (χ2v) is 15.2. The number of nitrogens with one attached hydrogen (secondary N) is 2. The highest BCUT2D eigenvalue weighted by atomic mass is 19.1. The van der Waals surface area contributed by atoms with E-state index >= 15 is 0 Å². The maximum absolute atomic E-state index is 14.1. The molecule has 12 nitrogen and oxygen atoms in total. The Morgan fingerprint density at radius 1 is 0.603 bits per heavy atom. The molecule has 2 aliphatic heterocycles. The lowest BCUT2D eigenvalue weighted by Crippen LogP contribution is -2.43. The van der Waals surface area contributed by atoms with Crippen LogP contribution >= 0.6 is 0 Å². The minimum atomic E-state index is -0.837. The number of H-pyrrole nitrogens is 2. The van der Waals surface area contributed by atoms with Gasteiger partial charge in [-0.05, 0) is 61.1 Å². The van der Waals surface area contributed by atoms with Gasteiger partial charge < -0.3 is 19.8 Å². The molecule has 4 atom stereocenters. The SMILES string of the molecule is C[C@@H]1CCN(C(=O)c2ccc(F)cc2F)C[C@@H]1c1ncc2cnc3[nH]ccc3n12.C[C@H]1CCN(C(=O)c2ccc(F)cc2F)C[C@H]1c1ncc2cnc3[nH]ccc3n12. The van der Waals surface area contributed by atoms with Gasteiger partial charge in [-0.2, -0.15) is 0 Å². The number of aromatic amines is 2. The number of hydrogen-bond donors (Lipinski definition) is 2. The van der Waals surface area contributed by atoms with Crippen LogP contribution in [-0.4, -0.2) is 86.5 Å². The zero-order chi connectivity index (χ0) is 40.2. The smallest absolute Gasteiger partial charge is 0.256 e. The van der Waals surface area contributed by atoms with Gasteiger partial charge in [-0.1, -0.05) is 13.8 Å². The minimum Gasteiger partial charge on any atom is -0.345 e. The lowest BCUT2D eigenvalue weighted by Gasteiger charge is -2.36. The van der Waals surface area contributed by atoms with Gasteiger partial charge in [-0.3, -0.25) is 18.4 Å². The number of carbonyl (C=O) groups excluding carboxylic acids is 2. The fourth-order valence-electron chi connectivity index (χ4n) is 8.37. The Morgan fingerprint density at radius 3 is 1.43 bits per heavy atom. The van der Waals surface area contributed by atoms with Crippen molar-refractivity contribution in [3.8, 4) is 0 Å². The quantitative estimate of drug-likeness (QED) is 0.178. The van der Waals surface area contributed by atoms with Crippen molar-refractivity contribution in [2.75, 3.05) is 26.2 Å². The van der Waals surface area contributed by atoms with E-state index in [0.717, 1.165) is 82.1 Å². The van der Waals surface area contributed by atoms with Crippen LogP contribution in [0.4, 0.5) is 17.6 Å². The van der Waals surface area contributed by atoms with Crippen LogP contribution < -0.4 is 0 Å². The zero-order valence-corrected chi connectivity index (χ0v) is 31.5. The number of piperidine rings is 2. The van der Waals surface area contributed by atoms with E-state index in [4.69, 9.17) is 0 Å². The van der Waals surface area contributed by atoms with Crippen molar-refractivity contribution in [2.45, 2.75) is 38.5 Å². The van der Waals surface area contributed by atoms with Gasteiger partial charge in [0.1, 0.15) is 34.9 Å². The molecular formula is C42H38F4N10O2. The van der Waals surface area contributed by atoms with Crippen molar-refractivity contribution >= 4 is 45.2 Å². The first-order chi connectivity index (χ1) is 28.0. The van der Waals surface area contributed by atoms with Crippen molar-refractivity contribution in [2.24, 2.45) is 11.8 Å². The average Bonchev–Trinajstić information content (AvgIpc) is 4.04. The third-order valence-electron chi connectivity index (χ3n) is 11.7. The number of fused-ring (bicyclic) bond motifs is 6. The van der Waals surface area contributed by atoms with Crippen molar-refractivity contribution in [1.82, 2.24) is 48.5 Å². The average molecular weight is 791 g/mol. The topological polar surface area (TPSA) is 133 Å². The lowest BCUT2D eigenvalue weighted by molar-refractivity contribution is 0.0652. The molecule has 296 valence electrons. The van der Waals surface area contributed by atoms with Crippen LogP contribution in [0.25, 0.3) is 33.4 Å². The Balaban J connectivity index is 0.000000150. The number of carbonyl (C=O) groups is 2. The molecule has 2 amide bonds. The molecule has 6 aromatic heterocycles. The first kappa shape index (κ1) is 37.0. The Kier molecular flexibility index (Phi) is 9.41. The number of nitrogens with zero attached hydrogens (tertiary/aromatic N) is 8. The van der Waals surface area contributed by atoms with E-state index in [2.05, 4.69) is 52.6 Å². The molecule has 10 rings (SSSR count). The first-order valence-corrected chi connectivity index (χ1v) is 19.1. The van der Waals surface area contributed by atoms with Gasteiger partial charge in [0, 0.05) is 62.5 Å². The minimum absolute atomic E-state index is 0.0146. The van der Waals surface area contributed by atoms with E-state index in [9.17, 15) is 27.2 Å². The van der Waals surface area contributed by atoms with Gasteiger partial charge in [0.25, 0.3) is 11.8 Å². The predicted molar refractivity (Wildman–Crippen MR) is 207 cm³/mol. The maximum atomic E-state index is 14.1. The molecule has 0 bridgehead atoms. The molecular weight excluding hydrogens is 753 g/mol. The fraction of sp³-hybridized carbons (Fsp3) is 0.286. The fourth-order valence-corrected chi connectivity index (χ4v) is 8.37. The number of likely N-dealkylation sites (tertiary alicyclic amines) is 2. The molecule has 2 fully saturated rings. The summed E-state index contributed by atoms with van der Waals surface area (Å²) in [7, 11) is 0. The second-order valence-electron chi connectivity index (χ2n) is 15.2. The molecule has 0 spiro atoms. The Labute approximate surface area is 328 Å². The van der Waals surface area contributed by atoms with E-state index in [-0.39, 0.29) is 23.0 Å². The summed E-state index contributed by atoms with van der Waals surface area (Å²) in [6, 6.07) is 10.0. The number of hydrogen-bond acceptors (Lipinski definition) is 6. The van der Waals surface area contributed by atoms with Gasteiger partial charge in [0.15, 0.2) is 11.3 Å². The highest BCUT2D eigenvalue weighted by Crippen LogP contribution is 2.35. The van der Waals surface area contributed by atoms with Gasteiger partial charge in [-0.25, -0.2) is 37.5 Å². The van der Waals surface area contributed by atoms with Crippen molar-refractivity contribution < 1.29 is 27.2 Å². The summed E-state index contributed by atoms with van der Waals surface area (Å²) in [4.78, 5) is 53.4. The molecule has 8 heterocycles. The molecule has 0 aliphatic carbocycles. The van der Waals surface area contributed by atoms with Crippen molar-refractivity contribution in [3.05, 3.63) is 132 Å². The summed E-state index contributed by atoms with van der Waals surface area (Å²) in [5.41, 5.74) is 4.93. The molecule has 0 radical (unpaired) electrons. The number of rotatable bonds is 4. The molecule has 2 saturated heterocycles. The number of halogens is 4. The summed E-state index contributed by atoms with van der Waals surface area (Å²) in [5.74, 6) is -1.63. The van der Waals surface area contributed by atoms with Gasteiger partial charge in [-0.15, -0.1) is 0 Å². The maximum Gasteiger partial charge on any atom is 0.256 e. The lowest BCUT2D eigenvalue weighted by atomic mass is 9.86. The van der Waals surface area contributed by atoms with Gasteiger partial charge >= 0.3 is 0 Å². The molecule has 58 heavy (non-hydrogen) atoms. The van der Waals surface area contributed by atoms with E-state index in [0.29, 0.717) is 38.0 Å². The molecule has 16 heteroatoms. The van der Waals surface area contributed by atoms with Gasteiger partial charge in [0.2, 0.25) is 0 Å². The van der Waals surface area contributed by atoms with Gasteiger partial charge in [0.05, 0.1) is 58.0 Å². The standard InChI is InChI=1S/2C21H19F2N5O/c2*1-12-5-7-27(21(29)15-3-2-13(22)8-17(15)23)11-16(12)20-26-10-14-9-25-19-18(28(14)20)4-6-24-19/h2*2-4,6,8-10,12,16,24H,5,7,11H2,1H3/t2*12-,16+/m10/s1. The molecule has 2 aromatic carbocycles. The normalized spacial score (nSPS) is 19.9. The number of amides is 2. The Bertz CT molecular complexity index is 2650. The summed E-state index contributed by atoms with van der Waals surface area (Å²) in [6.45, 7) is 6.17. The zero-order valence-electron chi connectivity index (χ0n) is 31.5. The van der Waals surface area contributed by atoms with E-state index in [1.54, 1.807) is 34.6 Å². The Morgan fingerprint density at radius 2 is 1.02 bits per heavy atom. The van der Waals surface area contributed by atoms with Crippen LogP contribution in [0, 0.1) is 35.1 Å². The summed E-state index contributed by atoms with van der Waals surface area (Å²) in [6.07, 6.45) is 12.3. The second kappa shape index (κ2) is 14.7.